The molecule has 0 rings (SSSR count). The fraction of sp³-hybridized carbons (Fsp3) is 0.727. The van der Waals surface area contributed by atoms with Gasteiger partial charge in [0.05, 0.1) is 0 Å². The van der Waals surface area contributed by atoms with Gasteiger partial charge in [-0.2, -0.15) is 0 Å². The zero-order valence-corrected chi connectivity index (χ0v) is 10.9. The van der Waals surface area contributed by atoms with Crippen LogP contribution in [0.1, 0.15) is 26.7 Å². The lowest BCUT2D eigenvalue weighted by Gasteiger charge is -2.11. The lowest BCUT2D eigenvalue weighted by Crippen LogP contribution is -2.43. The van der Waals surface area contributed by atoms with E-state index in [1.54, 1.807) is 0 Å². The first-order valence-electron chi connectivity index (χ1n) is 6.06. The van der Waals surface area contributed by atoms with E-state index in [1.807, 2.05) is 13.8 Å². The fourth-order valence-electron chi connectivity index (χ4n) is 1.08. The molecular formula is C11H22N4O3. The summed E-state index contributed by atoms with van der Waals surface area (Å²) in [6.07, 6.45) is 1.000. The maximum atomic E-state index is 11.4. The van der Waals surface area contributed by atoms with Crippen LogP contribution >= 0.6 is 0 Å². The zero-order chi connectivity index (χ0) is 14.0. The molecule has 104 valence electrons. The molecule has 7 heteroatoms. The quantitative estimate of drug-likeness (QED) is 0.415. The van der Waals surface area contributed by atoms with Gasteiger partial charge in [0.2, 0.25) is 5.91 Å². The Hall–Kier alpha value is -1.63. The van der Waals surface area contributed by atoms with Gasteiger partial charge in [0.25, 0.3) is 0 Å². The molecule has 0 aromatic carbocycles. The molecule has 7 nitrogen and oxygen atoms in total. The predicted molar refractivity (Wildman–Crippen MR) is 67.6 cm³/mol. The molecular weight excluding hydrogens is 236 g/mol. The van der Waals surface area contributed by atoms with Gasteiger partial charge >= 0.3 is 11.8 Å². The number of hydrogen-bond donors (Lipinski definition) is 4. The predicted octanol–water partition coefficient (Wildman–Crippen LogP) is -1.52. The van der Waals surface area contributed by atoms with Crippen molar-refractivity contribution in [2.24, 2.45) is 5.73 Å². The third kappa shape index (κ3) is 7.61. The van der Waals surface area contributed by atoms with E-state index in [2.05, 4.69) is 16.0 Å². The Morgan fingerprint density at radius 3 is 2.17 bits per heavy atom. The smallest absolute Gasteiger partial charge is 0.309 e. The molecule has 1 atom stereocenters. The normalized spacial score (nSPS) is 11.5. The number of nitrogens with two attached hydrogens (primary N) is 1. The Labute approximate surface area is 107 Å². The van der Waals surface area contributed by atoms with Crippen LogP contribution in [0.4, 0.5) is 0 Å². The summed E-state index contributed by atoms with van der Waals surface area (Å²) in [5.74, 6) is -1.63. The van der Waals surface area contributed by atoms with E-state index >= 15 is 0 Å². The SMILES string of the molecule is CCC(C)NC(=O)CCNC(=O)C(=O)NCCN. The van der Waals surface area contributed by atoms with E-state index in [0.717, 1.165) is 6.42 Å². The van der Waals surface area contributed by atoms with Gasteiger partial charge in [0.15, 0.2) is 0 Å². The average molecular weight is 258 g/mol. The molecule has 0 aromatic rings. The van der Waals surface area contributed by atoms with Gasteiger partial charge in [-0.25, -0.2) is 0 Å². The zero-order valence-electron chi connectivity index (χ0n) is 10.9. The molecule has 3 amide bonds. The highest BCUT2D eigenvalue weighted by Crippen LogP contribution is 1.88. The van der Waals surface area contributed by atoms with Crippen LogP contribution in [-0.2, 0) is 14.4 Å². The third-order valence-corrected chi connectivity index (χ3v) is 2.29. The molecule has 18 heavy (non-hydrogen) atoms. The van der Waals surface area contributed by atoms with Crippen molar-refractivity contribution in [3.8, 4) is 0 Å². The summed E-state index contributed by atoms with van der Waals surface area (Å²) in [7, 11) is 0. The molecule has 1 unspecified atom stereocenters. The topological polar surface area (TPSA) is 113 Å². The average Bonchev–Trinajstić information content (AvgIpc) is 2.35. The minimum atomic E-state index is -0.750. The maximum absolute atomic E-state index is 11.4. The van der Waals surface area contributed by atoms with Crippen molar-refractivity contribution in [2.75, 3.05) is 19.6 Å². The monoisotopic (exact) mass is 258 g/mol. The van der Waals surface area contributed by atoms with Crippen molar-refractivity contribution in [1.29, 1.82) is 0 Å². The molecule has 0 aliphatic carbocycles. The maximum Gasteiger partial charge on any atom is 0.309 e. The largest absolute Gasteiger partial charge is 0.354 e. The number of hydrogen-bond acceptors (Lipinski definition) is 4. The minimum absolute atomic E-state index is 0.112. The van der Waals surface area contributed by atoms with Crippen molar-refractivity contribution < 1.29 is 14.4 Å². The molecule has 0 spiro atoms. The van der Waals surface area contributed by atoms with Gasteiger partial charge in [0, 0.05) is 32.1 Å². The molecule has 0 aliphatic rings. The fourth-order valence-corrected chi connectivity index (χ4v) is 1.08. The number of rotatable bonds is 7. The van der Waals surface area contributed by atoms with Gasteiger partial charge in [0.1, 0.15) is 0 Å². The number of carbonyl (C=O) groups is 3. The van der Waals surface area contributed by atoms with Crippen LogP contribution in [-0.4, -0.2) is 43.4 Å². The van der Waals surface area contributed by atoms with E-state index < -0.39 is 11.8 Å². The molecule has 0 radical (unpaired) electrons. The standard InChI is InChI=1S/C11H22N4O3/c1-3-8(2)15-9(16)4-6-13-10(17)11(18)14-7-5-12/h8H,3-7,12H2,1-2H3,(H,13,17)(H,14,18)(H,15,16). The summed E-state index contributed by atoms with van der Waals surface area (Å²) in [6, 6.07) is 0.112. The first-order chi connectivity index (χ1) is 8.51. The summed E-state index contributed by atoms with van der Waals surface area (Å²) in [6.45, 7) is 4.53. The van der Waals surface area contributed by atoms with Crippen molar-refractivity contribution in [3.63, 3.8) is 0 Å². The summed E-state index contributed by atoms with van der Waals surface area (Å²) >= 11 is 0. The number of carbonyl (C=O) groups excluding carboxylic acids is 3. The van der Waals surface area contributed by atoms with Crippen molar-refractivity contribution >= 4 is 17.7 Å². The summed E-state index contributed by atoms with van der Waals surface area (Å²) in [5.41, 5.74) is 5.18. The number of amides is 3. The van der Waals surface area contributed by atoms with E-state index in [9.17, 15) is 14.4 Å². The van der Waals surface area contributed by atoms with Crippen molar-refractivity contribution in [2.45, 2.75) is 32.7 Å². The first kappa shape index (κ1) is 16.4. The first-order valence-corrected chi connectivity index (χ1v) is 6.06. The van der Waals surface area contributed by atoms with E-state index in [0.29, 0.717) is 0 Å². The molecule has 0 saturated heterocycles. The lowest BCUT2D eigenvalue weighted by molar-refractivity contribution is -0.139. The molecule has 0 saturated carbocycles. The van der Waals surface area contributed by atoms with Gasteiger partial charge in [-0.15, -0.1) is 0 Å². The lowest BCUT2D eigenvalue weighted by atomic mass is 10.2. The van der Waals surface area contributed by atoms with Gasteiger partial charge in [-0.05, 0) is 13.3 Å². The Balaban J connectivity index is 3.73. The van der Waals surface area contributed by atoms with Crippen molar-refractivity contribution in [1.82, 2.24) is 16.0 Å². The van der Waals surface area contributed by atoms with Crippen LogP contribution < -0.4 is 21.7 Å². The van der Waals surface area contributed by atoms with Crippen LogP contribution in [0.25, 0.3) is 0 Å². The van der Waals surface area contributed by atoms with E-state index in [-0.39, 0.29) is 38.0 Å². The highest BCUT2D eigenvalue weighted by Gasteiger charge is 2.12. The molecule has 0 heterocycles. The van der Waals surface area contributed by atoms with E-state index in [1.165, 1.54) is 0 Å². The molecule has 0 aliphatic heterocycles. The van der Waals surface area contributed by atoms with Crippen molar-refractivity contribution in [3.05, 3.63) is 0 Å². The third-order valence-electron chi connectivity index (χ3n) is 2.29. The van der Waals surface area contributed by atoms with E-state index in [4.69, 9.17) is 5.73 Å². The minimum Gasteiger partial charge on any atom is -0.354 e. The second-order valence-electron chi connectivity index (χ2n) is 3.93. The summed E-state index contributed by atoms with van der Waals surface area (Å²) < 4.78 is 0. The van der Waals surface area contributed by atoms with Crippen LogP contribution in [0.2, 0.25) is 0 Å². The molecule has 5 N–H and O–H groups in total. The molecule has 0 bridgehead atoms. The summed E-state index contributed by atoms with van der Waals surface area (Å²) in [4.78, 5) is 33.7. The Morgan fingerprint density at radius 1 is 1.11 bits per heavy atom. The highest BCUT2D eigenvalue weighted by molar-refractivity contribution is 6.35. The summed E-state index contributed by atoms with van der Waals surface area (Å²) in [5, 5.41) is 7.46. The Morgan fingerprint density at radius 2 is 1.67 bits per heavy atom. The van der Waals surface area contributed by atoms with Gasteiger partial charge in [-0.3, -0.25) is 14.4 Å². The Bertz CT molecular complexity index is 294. The van der Waals surface area contributed by atoms with Crippen LogP contribution in [0.15, 0.2) is 0 Å². The Kier molecular flexibility index (Phi) is 8.55. The van der Waals surface area contributed by atoms with Crippen LogP contribution in [0.3, 0.4) is 0 Å². The molecule has 0 fully saturated rings. The second kappa shape index (κ2) is 9.41. The van der Waals surface area contributed by atoms with Crippen LogP contribution in [0, 0.1) is 0 Å². The van der Waals surface area contributed by atoms with Crippen LogP contribution in [0.5, 0.6) is 0 Å². The highest BCUT2D eigenvalue weighted by atomic mass is 16.2. The van der Waals surface area contributed by atoms with Gasteiger partial charge in [-0.1, -0.05) is 6.92 Å². The number of nitrogens with one attached hydrogen (secondary N) is 3. The molecule has 0 aromatic heterocycles. The second-order valence-corrected chi connectivity index (χ2v) is 3.93. The van der Waals surface area contributed by atoms with Gasteiger partial charge < -0.3 is 21.7 Å².